The lowest BCUT2D eigenvalue weighted by Gasteiger charge is -2.08. The second-order valence-corrected chi connectivity index (χ2v) is 3.94. The maximum absolute atomic E-state index is 13.5. The molecule has 1 aromatic heterocycles. The molecule has 1 heterocycles. The minimum absolute atomic E-state index is 0.0580. The fourth-order valence-corrected chi connectivity index (χ4v) is 1.50. The van der Waals surface area contributed by atoms with Crippen molar-refractivity contribution in [1.82, 2.24) is 10.2 Å². The van der Waals surface area contributed by atoms with Crippen molar-refractivity contribution in [2.75, 3.05) is 7.11 Å². The van der Waals surface area contributed by atoms with Gasteiger partial charge in [-0.05, 0) is 18.2 Å². The molecule has 2 aromatic rings. The Morgan fingerprint density at radius 3 is 2.65 bits per heavy atom. The Kier molecular flexibility index (Phi) is 4.09. The minimum atomic E-state index is -0.947. The van der Waals surface area contributed by atoms with Gasteiger partial charge in [-0.3, -0.25) is 0 Å². The van der Waals surface area contributed by atoms with Crippen LogP contribution in [0.15, 0.2) is 24.3 Å². The number of methoxy groups -OCH3 is 1. The largest absolute Gasteiger partial charge is 0.465 e. The fraction of sp³-hybridized carbons (Fsp3) is 0.0833. The number of ether oxygens (including phenoxy) is 2. The third-order valence-electron chi connectivity index (χ3n) is 2.24. The molecule has 8 heteroatoms. The molecule has 0 spiro atoms. The molecule has 0 saturated heterocycles. The second kappa shape index (κ2) is 5.79. The number of nitrogens with zero attached hydrogens (tertiary/aromatic N) is 2. The van der Waals surface area contributed by atoms with Crippen molar-refractivity contribution in [3.05, 3.63) is 46.6 Å². The molecular weight excluding hydrogens is 294 g/mol. The van der Waals surface area contributed by atoms with Crippen molar-refractivity contribution in [2.24, 2.45) is 0 Å². The van der Waals surface area contributed by atoms with E-state index in [0.717, 1.165) is 25.3 Å². The molecule has 0 N–H and O–H groups in total. The number of carbonyl (C=O) groups is 1. The van der Waals surface area contributed by atoms with Crippen molar-refractivity contribution in [2.45, 2.75) is 0 Å². The van der Waals surface area contributed by atoms with Crippen LogP contribution in [-0.4, -0.2) is 23.3 Å². The monoisotopic (exact) mass is 300 g/mol. The molecule has 0 aliphatic carbocycles. The van der Waals surface area contributed by atoms with E-state index in [2.05, 4.69) is 14.9 Å². The van der Waals surface area contributed by atoms with Gasteiger partial charge in [0.25, 0.3) is 5.88 Å². The van der Waals surface area contributed by atoms with Gasteiger partial charge in [-0.25, -0.2) is 13.6 Å². The number of carbonyl (C=O) groups excluding carboxylic acids is 1. The molecule has 0 fully saturated rings. The van der Waals surface area contributed by atoms with E-state index in [4.69, 9.17) is 16.3 Å². The number of benzene rings is 1. The number of halogens is 3. The summed E-state index contributed by atoms with van der Waals surface area (Å²) in [5, 5.41) is 6.97. The Morgan fingerprint density at radius 2 is 2.00 bits per heavy atom. The van der Waals surface area contributed by atoms with E-state index in [1.165, 1.54) is 0 Å². The van der Waals surface area contributed by atoms with Gasteiger partial charge in [0, 0.05) is 6.07 Å². The summed E-state index contributed by atoms with van der Waals surface area (Å²) in [6.45, 7) is 0. The molecule has 5 nitrogen and oxygen atoms in total. The van der Waals surface area contributed by atoms with Gasteiger partial charge in [-0.2, -0.15) is 0 Å². The Morgan fingerprint density at radius 1 is 1.25 bits per heavy atom. The summed E-state index contributed by atoms with van der Waals surface area (Å²) in [4.78, 5) is 11.5. The number of hydrogen-bond acceptors (Lipinski definition) is 5. The molecular formula is C12H7ClF2N2O3. The highest BCUT2D eigenvalue weighted by Gasteiger charge is 2.18. The smallest absolute Gasteiger partial charge is 0.343 e. The standard InChI is InChI=1S/C12H7ClF2N2O3/c1-19-12(18)7-5-10(13)16-17-11(7)20-9-3-2-6(14)4-8(9)15/h2-5H,1H3. The van der Waals surface area contributed by atoms with Gasteiger partial charge in [0.15, 0.2) is 16.7 Å². The van der Waals surface area contributed by atoms with Crippen LogP contribution in [0.3, 0.4) is 0 Å². The maximum atomic E-state index is 13.5. The lowest BCUT2D eigenvalue weighted by Crippen LogP contribution is -2.07. The predicted molar refractivity (Wildman–Crippen MR) is 64.8 cm³/mol. The first-order valence-corrected chi connectivity index (χ1v) is 5.63. The number of aromatic nitrogens is 2. The molecule has 0 aliphatic rings. The van der Waals surface area contributed by atoms with Crippen LogP contribution < -0.4 is 4.74 Å². The van der Waals surface area contributed by atoms with Crippen LogP contribution in [0.4, 0.5) is 8.78 Å². The van der Waals surface area contributed by atoms with Gasteiger partial charge in [0.05, 0.1) is 7.11 Å². The van der Waals surface area contributed by atoms with Crippen LogP contribution in [0.2, 0.25) is 5.15 Å². The molecule has 0 bridgehead atoms. The molecule has 0 unspecified atom stereocenters. The van der Waals surface area contributed by atoms with Crippen molar-refractivity contribution in [1.29, 1.82) is 0 Å². The lowest BCUT2D eigenvalue weighted by atomic mass is 10.3. The quantitative estimate of drug-likeness (QED) is 0.816. The van der Waals surface area contributed by atoms with E-state index in [0.29, 0.717) is 6.07 Å². The van der Waals surface area contributed by atoms with Gasteiger partial charge in [0.2, 0.25) is 0 Å². The average Bonchev–Trinajstić information content (AvgIpc) is 2.42. The summed E-state index contributed by atoms with van der Waals surface area (Å²) in [5.41, 5.74) is -0.128. The Balaban J connectivity index is 2.40. The highest BCUT2D eigenvalue weighted by atomic mass is 35.5. The van der Waals surface area contributed by atoms with E-state index in [1.807, 2.05) is 0 Å². The minimum Gasteiger partial charge on any atom is -0.465 e. The highest BCUT2D eigenvalue weighted by molar-refractivity contribution is 6.29. The van der Waals surface area contributed by atoms with Gasteiger partial charge in [-0.15, -0.1) is 10.2 Å². The molecule has 104 valence electrons. The number of hydrogen-bond donors (Lipinski definition) is 0. The zero-order valence-electron chi connectivity index (χ0n) is 10.1. The van der Waals surface area contributed by atoms with Crippen LogP contribution >= 0.6 is 11.6 Å². The highest BCUT2D eigenvalue weighted by Crippen LogP contribution is 2.27. The zero-order valence-corrected chi connectivity index (χ0v) is 10.8. The number of rotatable bonds is 3. The summed E-state index contributed by atoms with van der Waals surface area (Å²) < 4.78 is 35.9. The van der Waals surface area contributed by atoms with Crippen LogP contribution in [0.1, 0.15) is 10.4 Å². The Bertz CT molecular complexity index is 667. The van der Waals surface area contributed by atoms with E-state index in [9.17, 15) is 13.6 Å². The van der Waals surface area contributed by atoms with Crippen molar-refractivity contribution in [3.63, 3.8) is 0 Å². The zero-order chi connectivity index (χ0) is 14.7. The van der Waals surface area contributed by atoms with E-state index in [-0.39, 0.29) is 22.3 Å². The van der Waals surface area contributed by atoms with E-state index in [1.54, 1.807) is 0 Å². The molecule has 1 aromatic carbocycles. The van der Waals surface area contributed by atoms with Crippen LogP contribution in [-0.2, 0) is 4.74 Å². The summed E-state index contributed by atoms with van der Waals surface area (Å²) in [6, 6.07) is 3.86. The molecule has 0 atom stereocenters. The van der Waals surface area contributed by atoms with Gasteiger partial charge in [-0.1, -0.05) is 11.6 Å². The summed E-state index contributed by atoms with van der Waals surface area (Å²) in [7, 11) is 1.15. The van der Waals surface area contributed by atoms with Crippen molar-refractivity contribution < 1.29 is 23.0 Å². The summed E-state index contributed by atoms with van der Waals surface area (Å²) in [6.07, 6.45) is 0. The molecule has 0 amide bonds. The summed E-state index contributed by atoms with van der Waals surface area (Å²) >= 11 is 5.61. The van der Waals surface area contributed by atoms with E-state index >= 15 is 0 Å². The number of esters is 1. The van der Waals surface area contributed by atoms with Crippen molar-refractivity contribution >= 4 is 17.6 Å². The molecule has 0 radical (unpaired) electrons. The van der Waals surface area contributed by atoms with Crippen LogP contribution in [0.25, 0.3) is 0 Å². The maximum Gasteiger partial charge on any atom is 0.343 e. The second-order valence-electron chi connectivity index (χ2n) is 3.55. The third kappa shape index (κ3) is 3.00. The van der Waals surface area contributed by atoms with Crippen LogP contribution in [0.5, 0.6) is 11.6 Å². The van der Waals surface area contributed by atoms with Crippen molar-refractivity contribution in [3.8, 4) is 11.6 Å². The Hall–Kier alpha value is -2.28. The molecule has 0 aliphatic heterocycles. The van der Waals surface area contributed by atoms with E-state index < -0.39 is 17.6 Å². The topological polar surface area (TPSA) is 61.3 Å². The molecule has 2 rings (SSSR count). The van der Waals surface area contributed by atoms with Gasteiger partial charge < -0.3 is 9.47 Å². The first-order valence-electron chi connectivity index (χ1n) is 5.25. The normalized spacial score (nSPS) is 10.2. The lowest BCUT2D eigenvalue weighted by molar-refractivity contribution is 0.0596. The molecule has 0 saturated carbocycles. The average molecular weight is 301 g/mol. The molecule has 20 heavy (non-hydrogen) atoms. The van der Waals surface area contributed by atoms with Gasteiger partial charge >= 0.3 is 5.97 Å². The first kappa shape index (κ1) is 14.1. The fourth-order valence-electron chi connectivity index (χ4n) is 1.35. The Labute approximate surface area is 117 Å². The van der Waals surface area contributed by atoms with Crippen LogP contribution in [0, 0.1) is 11.6 Å². The first-order chi connectivity index (χ1) is 9.51. The predicted octanol–water partition coefficient (Wildman–Crippen LogP) is 2.99. The SMILES string of the molecule is COC(=O)c1cc(Cl)nnc1Oc1ccc(F)cc1F. The third-order valence-corrected chi connectivity index (χ3v) is 2.42. The summed E-state index contributed by atoms with van der Waals surface area (Å²) in [5.74, 6) is -3.10. The van der Waals surface area contributed by atoms with Gasteiger partial charge in [0.1, 0.15) is 11.4 Å².